The lowest BCUT2D eigenvalue weighted by Crippen LogP contribution is -2.38. The minimum atomic E-state index is -0.0117. The Morgan fingerprint density at radius 2 is 1.79 bits per heavy atom. The molecular weight excluding hydrogens is 479 g/mol. The minimum Gasteiger partial charge on any atom is -0.381 e. The fourth-order valence-electron chi connectivity index (χ4n) is 2.67. The lowest BCUT2D eigenvalue weighted by molar-refractivity contribution is 0.0953. The van der Waals surface area contributed by atoms with Crippen LogP contribution in [-0.4, -0.2) is 44.7 Å². The second kappa shape index (κ2) is 15.5. The van der Waals surface area contributed by atoms with Crippen molar-refractivity contribution < 1.29 is 9.53 Å². The molecule has 0 radical (unpaired) electrons. The third kappa shape index (κ3) is 11.4. The number of unbranched alkanes of at least 4 members (excludes halogenated alkanes) is 1. The summed E-state index contributed by atoms with van der Waals surface area (Å²) in [6.07, 6.45) is 5.72. The predicted octanol–water partition coefficient (Wildman–Crippen LogP) is 3.71. The van der Waals surface area contributed by atoms with Crippen LogP contribution in [0.3, 0.4) is 0 Å². The molecule has 7 heteroatoms. The minimum absolute atomic E-state index is 0. The highest BCUT2D eigenvalue weighted by atomic mass is 127. The van der Waals surface area contributed by atoms with Crippen LogP contribution >= 0.6 is 24.0 Å². The van der Waals surface area contributed by atoms with E-state index in [4.69, 9.17) is 4.74 Å². The highest BCUT2D eigenvalue weighted by molar-refractivity contribution is 14.0. The fourth-order valence-corrected chi connectivity index (χ4v) is 2.67. The van der Waals surface area contributed by atoms with E-state index in [1.54, 1.807) is 0 Å². The van der Waals surface area contributed by atoms with Gasteiger partial charge >= 0.3 is 0 Å². The molecule has 1 aliphatic carbocycles. The first-order chi connectivity index (χ1) is 13.7. The molecule has 0 unspecified atom stereocenters. The van der Waals surface area contributed by atoms with Crippen molar-refractivity contribution >= 4 is 35.8 Å². The largest absolute Gasteiger partial charge is 0.381 e. The van der Waals surface area contributed by atoms with Crippen LogP contribution in [0.1, 0.15) is 61.9 Å². The summed E-state index contributed by atoms with van der Waals surface area (Å²) < 4.78 is 5.66. The molecule has 6 nitrogen and oxygen atoms in total. The molecule has 3 N–H and O–H groups in total. The molecule has 1 aromatic rings. The maximum atomic E-state index is 12.0. The van der Waals surface area contributed by atoms with Crippen LogP contribution in [0, 0.1) is 5.92 Å². The summed E-state index contributed by atoms with van der Waals surface area (Å²) in [5, 5.41) is 9.55. The van der Waals surface area contributed by atoms with Crippen molar-refractivity contribution in [3.63, 3.8) is 0 Å². The average Bonchev–Trinajstić information content (AvgIpc) is 3.53. The number of ether oxygens (including phenoxy) is 1. The van der Waals surface area contributed by atoms with Gasteiger partial charge in [-0.15, -0.1) is 24.0 Å². The molecule has 2 rings (SSSR count). The molecule has 0 heterocycles. The van der Waals surface area contributed by atoms with Gasteiger partial charge in [0.15, 0.2) is 5.96 Å². The van der Waals surface area contributed by atoms with Crippen molar-refractivity contribution in [3.8, 4) is 0 Å². The monoisotopic (exact) mass is 516 g/mol. The van der Waals surface area contributed by atoms with Gasteiger partial charge in [-0.05, 0) is 56.2 Å². The molecule has 1 saturated carbocycles. The van der Waals surface area contributed by atoms with Crippen LogP contribution < -0.4 is 16.0 Å². The Labute approximate surface area is 192 Å². The number of carbonyl (C=O) groups is 1. The molecule has 29 heavy (non-hydrogen) atoms. The van der Waals surface area contributed by atoms with Crippen LogP contribution in [0.5, 0.6) is 0 Å². The van der Waals surface area contributed by atoms with Gasteiger partial charge in [-0.1, -0.05) is 25.5 Å². The van der Waals surface area contributed by atoms with Crippen molar-refractivity contribution in [2.75, 3.05) is 32.8 Å². The van der Waals surface area contributed by atoms with Gasteiger partial charge in [-0.25, -0.2) is 4.99 Å². The molecule has 0 bridgehead atoms. The Balaban J connectivity index is 0.00000420. The van der Waals surface area contributed by atoms with Crippen LogP contribution in [0.25, 0.3) is 0 Å². The molecule has 0 spiro atoms. The molecule has 164 valence electrons. The fraction of sp³-hybridized carbons (Fsp3) is 0.636. The number of benzene rings is 1. The van der Waals surface area contributed by atoms with E-state index in [0.717, 1.165) is 69.6 Å². The molecule has 0 saturated heterocycles. The van der Waals surface area contributed by atoms with E-state index in [2.05, 4.69) is 34.8 Å². The molecular formula is C22H37IN4O2. The number of hydrogen-bond acceptors (Lipinski definition) is 3. The molecule has 0 aliphatic heterocycles. The van der Waals surface area contributed by atoms with Gasteiger partial charge in [0, 0.05) is 38.4 Å². The number of guanidine groups is 1. The Hall–Kier alpha value is -1.35. The summed E-state index contributed by atoms with van der Waals surface area (Å²) in [4.78, 5) is 16.7. The van der Waals surface area contributed by atoms with Gasteiger partial charge in [0.1, 0.15) is 0 Å². The lowest BCUT2D eigenvalue weighted by Gasteiger charge is -2.11. The number of hydrogen-bond donors (Lipinski definition) is 3. The van der Waals surface area contributed by atoms with Crippen LogP contribution in [0.15, 0.2) is 29.3 Å². The number of carbonyl (C=O) groups excluding carboxylic acids is 1. The second-order valence-electron chi connectivity index (χ2n) is 7.30. The topological polar surface area (TPSA) is 74.8 Å². The number of amides is 1. The number of nitrogens with one attached hydrogen (secondary N) is 3. The predicted molar refractivity (Wildman–Crippen MR) is 130 cm³/mol. The summed E-state index contributed by atoms with van der Waals surface area (Å²) >= 11 is 0. The summed E-state index contributed by atoms with van der Waals surface area (Å²) in [7, 11) is 0. The Bertz CT molecular complexity index is 603. The van der Waals surface area contributed by atoms with Gasteiger partial charge < -0.3 is 20.7 Å². The molecule has 0 aromatic heterocycles. The first-order valence-electron chi connectivity index (χ1n) is 10.7. The van der Waals surface area contributed by atoms with Crippen LogP contribution in [0.4, 0.5) is 0 Å². The van der Waals surface area contributed by atoms with E-state index < -0.39 is 0 Å². The third-order valence-electron chi connectivity index (χ3n) is 4.60. The summed E-state index contributed by atoms with van der Waals surface area (Å²) in [6, 6.07) is 7.66. The van der Waals surface area contributed by atoms with Crippen molar-refractivity contribution in [2.24, 2.45) is 10.9 Å². The van der Waals surface area contributed by atoms with Crippen molar-refractivity contribution in [1.82, 2.24) is 16.0 Å². The van der Waals surface area contributed by atoms with E-state index in [1.165, 1.54) is 12.8 Å². The van der Waals surface area contributed by atoms with E-state index in [1.807, 2.05) is 24.3 Å². The summed E-state index contributed by atoms with van der Waals surface area (Å²) in [6.45, 7) is 8.85. The normalized spacial score (nSPS) is 13.5. The number of halogens is 1. The zero-order valence-electron chi connectivity index (χ0n) is 17.8. The van der Waals surface area contributed by atoms with Gasteiger partial charge in [0.05, 0.1) is 6.54 Å². The molecule has 0 atom stereocenters. The smallest absolute Gasteiger partial charge is 0.251 e. The SMILES string of the molecule is CCCCNC(=O)c1ccc(CN=C(NCC)NCCCOCC2CC2)cc1.I. The van der Waals surface area contributed by atoms with E-state index in [0.29, 0.717) is 12.1 Å². The number of nitrogens with zero attached hydrogens (tertiary/aromatic N) is 1. The van der Waals surface area contributed by atoms with E-state index in [9.17, 15) is 4.79 Å². The third-order valence-corrected chi connectivity index (χ3v) is 4.60. The van der Waals surface area contributed by atoms with Gasteiger partial charge in [-0.2, -0.15) is 0 Å². The van der Waals surface area contributed by atoms with Crippen molar-refractivity contribution in [3.05, 3.63) is 35.4 Å². The Morgan fingerprint density at radius 3 is 2.45 bits per heavy atom. The van der Waals surface area contributed by atoms with E-state index >= 15 is 0 Å². The zero-order chi connectivity index (χ0) is 20.0. The molecule has 1 aliphatic rings. The molecule has 1 fully saturated rings. The number of rotatable bonds is 13. The highest BCUT2D eigenvalue weighted by Crippen LogP contribution is 2.28. The maximum absolute atomic E-state index is 12.0. The molecule has 1 amide bonds. The first kappa shape index (κ1) is 25.7. The van der Waals surface area contributed by atoms with Crippen molar-refractivity contribution in [1.29, 1.82) is 0 Å². The quantitative estimate of drug-likeness (QED) is 0.162. The Morgan fingerprint density at radius 1 is 1.07 bits per heavy atom. The second-order valence-corrected chi connectivity index (χ2v) is 7.30. The summed E-state index contributed by atoms with van der Waals surface area (Å²) in [5.41, 5.74) is 1.77. The Kier molecular flexibility index (Phi) is 13.7. The first-order valence-corrected chi connectivity index (χ1v) is 10.7. The van der Waals surface area contributed by atoms with Gasteiger partial charge in [0.2, 0.25) is 0 Å². The maximum Gasteiger partial charge on any atom is 0.251 e. The molecule has 1 aromatic carbocycles. The lowest BCUT2D eigenvalue weighted by atomic mass is 10.1. The van der Waals surface area contributed by atoms with Crippen LogP contribution in [-0.2, 0) is 11.3 Å². The standard InChI is InChI=1S/C22H36N4O2.HI/c1-3-5-13-24-21(27)20-11-9-18(10-12-20)16-26-22(23-4-2)25-14-6-15-28-17-19-7-8-19;/h9-12,19H,3-8,13-17H2,1-2H3,(H,24,27)(H2,23,25,26);1H. The highest BCUT2D eigenvalue weighted by Gasteiger charge is 2.20. The summed E-state index contributed by atoms with van der Waals surface area (Å²) in [5.74, 6) is 1.62. The van der Waals surface area contributed by atoms with E-state index in [-0.39, 0.29) is 29.9 Å². The van der Waals surface area contributed by atoms with Gasteiger partial charge in [-0.3, -0.25) is 4.79 Å². The van der Waals surface area contributed by atoms with Crippen LogP contribution in [0.2, 0.25) is 0 Å². The van der Waals surface area contributed by atoms with Gasteiger partial charge in [0.25, 0.3) is 5.91 Å². The number of aliphatic imine (C=N–C) groups is 1. The average molecular weight is 516 g/mol. The van der Waals surface area contributed by atoms with Crippen molar-refractivity contribution in [2.45, 2.75) is 52.5 Å². The zero-order valence-corrected chi connectivity index (χ0v) is 20.2.